The molecule has 0 atom stereocenters. The highest BCUT2D eigenvalue weighted by Crippen LogP contribution is 2.71. The van der Waals surface area contributed by atoms with Crippen LogP contribution in [0, 0.1) is 5.92 Å². The lowest BCUT2D eigenvalue weighted by Crippen LogP contribution is -2.18. The maximum Gasteiger partial charge on any atom is 0.276 e. The topological polar surface area (TPSA) is 34.1 Å². The highest BCUT2D eigenvalue weighted by Gasteiger charge is 2.76. The summed E-state index contributed by atoms with van der Waals surface area (Å²) in [7, 11) is -2.78. The molecule has 1 radical (unpaired) electrons. The highest BCUT2D eigenvalue weighted by molar-refractivity contribution is 8.16. The molecule has 2 saturated carbocycles. The molecule has 2 nitrogen and oxygen atoms in total. The molecule has 0 spiro atoms. The van der Waals surface area contributed by atoms with Crippen LogP contribution in [0.1, 0.15) is 12.8 Å². The summed E-state index contributed by atoms with van der Waals surface area (Å²) in [5.74, 6) is 0.540. The third-order valence-corrected chi connectivity index (χ3v) is 4.91. The molecule has 0 amide bonds. The summed E-state index contributed by atoms with van der Waals surface area (Å²) < 4.78 is 21.9. The molecule has 0 saturated heterocycles. The summed E-state index contributed by atoms with van der Waals surface area (Å²) in [5, 5.41) is 0. The summed E-state index contributed by atoms with van der Waals surface area (Å²) in [4.78, 5) is 0. The minimum Gasteiger partial charge on any atom is -0.241 e. The molecule has 0 aromatic carbocycles. The Morgan fingerprint density at radius 2 is 2.00 bits per heavy atom. The number of hydrogen-bond donors (Lipinski definition) is 0. The lowest BCUT2D eigenvalue weighted by Gasteiger charge is -1.99. The fourth-order valence-electron chi connectivity index (χ4n) is 1.36. The monoisotopic (exact) mass is 143 g/mol. The van der Waals surface area contributed by atoms with Gasteiger partial charge in [0.05, 0.1) is 4.75 Å². The zero-order valence-electron chi connectivity index (χ0n) is 5.29. The Labute approximate surface area is 55.7 Å². The first-order chi connectivity index (χ1) is 4.12. The van der Waals surface area contributed by atoms with E-state index in [4.69, 9.17) is 0 Å². The first kappa shape index (κ1) is 5.77. The molecule has 9 heavy (non-hydrogen) atoms. The third-order valence-electron chi connectivity index (χ3n) is 2.48. The molecule has 0 bridgehead atoms. The SMILES string of the molecule is C[B]S(=O)(=O)C12CC1C2. The predicted molar refractivity (Wildman–Crippen MR) is 36.0 cm³/mol. The van der Waals surface area contributed by atoms with Gasteiger partial charge in [0.25, 0.3) is 6.56 Å². The summed E-state index contributed by atoms with van der Waals surface area (Å²) in [5.41, 5.74) is 0. The molecule has 0 aromatic heterocycles. The van der Waals surface area contributed by atoms with E-state index in [1.165, 1.54) is 6.56 Å². The smallest absolute Gasteiger partial charge is 0.241 e. The summed E-state index contributed by atoms with van der Waals surface area (Å²) in [6.07, 6.45) is 1.86. The average molecular weight is 143 g/mol. The second-order valence-electron chi connectivity index (χ2n) is 2.95. The summed E-state index contributed by atoms with van der Waals surface area (Å²) in [6.45, 7) is 2.96. The molecular formula is C5H8BO2S. The van der Waals surface area contributed by atoms with Gasteiger partial charge in [0.1, 0.15) is 9.69 Å². The van der Waals surface area contributed by atoms with Crippen molar-refractivity contribution in [3.05, 3.63) is 0 Å². The van der Waals surface area contributed by atoms with Crippen molar-refractivity contribution >= 4 is 16.2 Å². The van der Waals surface area contributed by atoms with E-state index in [2.05, 4.69) is 0 Å². The van der Waals surface area contributed by atoms with Crippen LogP contribution < -0.4 is 0 Å². The Balaban J connectivity index is 2.31. The van der Waals surface area contributed by atoms with E-state index in [9.17, 15) is 8.42 Å². The van der Waals surface area contributed by atoms with E-state index in [0.717, 1.165) is 12.8 Å². The van der Waals surface area contributed by atoms with E-state index in [0.29, 0.717) is 5.92 Å². The lowest BCUT2D eigenvalue weighted by atomic mass is 10.2. The van der Waals surface area contributed by atoms with E-state index in [-0.39, 0.29) is 4.75 Å². The van der Waals surface area contributed by atoms with Gasteiger partial charge in [0.2, 0.25) is 0 Å². The molecule has 4 heteroatoms. The Hall–Kier alpha value is 0.0149. The van der Waals surface area contributed by atoms with Crippen molar-refractivity contribution in [2.45, 2.75) is 24.4 Å². The standard InChI is InChI=1S/C5H8BO2S/c1-6-9(7,8)5-2-4(5)3-5/h4H,2-3H2,1H3. The number of rotatable bonds is 2. The van der Waals surface area contributed by atoms with Crippen LogP contribution in [-0.2, 0) is 9.69 Å². The molecule has 0 N–H and O–H groups in total. The second kappa shape index (κ2) is 1.22. The maximum absolute atomic E-state index is 11.1. The van der Waals surface area contributed by atoms with Crippen molar-refractivity contribution in [2.75, 3.05) is 0 Å². The van der Waals surface area contributed by atoms with Crippen LogP contribution in [0.3, 0.4) is 0 Å². The largest absolute Gasteiger partial charge is 0.276 e. The van der Waals surface area contributed by atoms with Crippen LogP contribution >= 0.6 is 0 Å². The first-order valence-corrected chi connectivity index (χ1v) is 4.71. The quantitative estimate of drug-likeness (QED) is 0.518. The molecule has 0 aromatic rings. The lowest BCUT2D eigenvalue weighted by molar-refractivity contribution is 0.601. The van der Waals surface area contributed by atoms with Crippen molar-refractivity contribution in [2.24, 2.45) is 5.92 Å². The molecule has 0 heterocycles. The van der Waals surface area contributed by atoms with Gasteiger partial charge in [-0.2, -0.15) is 0 Å². The zero-order chi connectivity index (χ0) is 6.70. The van der Waals surface area contributed by atoms with Crippen LogP contribution in [0.5, 0.6) is 0 Å². The Kier molecular flexibility index (Phi) is 0.780. The van der Waals surface area contributed by atoms with Gasteiger partial charge in [-0.3, -0.25) is 0 Å². The van der Waals surface area contributed by atoms with Gasteiger partial charge in [-0.05, 0) is 18.8 Å². The Morgan fingerprint density at radius 3 is 2.11 bits per heavy atom. The van der Waals surface area contributed by atoms with Gasteiger partial charge >= 0.3 is 0 Å². The van der Waals surface area contributed by atoms with Crippen LogP contribution in [0.25, 0.3) is 0 Å². The van der Waals surface area contributed by atoms with Gasteiger partial charge in [-0.1, -0.05) is 6.82 Å². The van der Waals surface area contributed by atoms with Gasteiger partial charge < -0.3 is 0 Å². The molecule has 2 aliphatic rings. The van der Waals surface area contributed by atoms with Crippen LogP contribution in [-0.4, -0.2) is 19.7 Å². The van der Waals surface area contributed by atoms with Crippen LogP contribution in [0.4, 0.5) is 0 Å². The fourth-order valence-corrected chi connectivity index (χ4v) is 3.16. The van der Waals surface area contributed by atoms with Crippen molar-refractivity contribution in [3.8, 4) is 0 Å². The third kappa shape index (κ3) is 0.503. The molecule has 49 valence electrons. The Morgan fingerprint density at radius 1 is 1.56 bits per heavy atom. The summed E-state index contributed by atoms with van der Waals surface area (Å²) >= 11 is 0. The molecule has 2 rings (SSSR count). The summed E-state index contributed by atoms with van der Waals surface area (Å²) in [6, 6.07) is 0. The zero-order valence-corrected chi connectivity index (χ0v) is 6.11. The normalized spacial score (nSPS) is 45.7. The maximum atomic E-state index is 11.1. The number of fused-ring (bicyclic) bond motifs is 1. The molecular weight excluding hydrogens is 135 g/mol. The van der Waals surface area contributed by atoms with E-state index in [1.54, 1.807) is 6.82 Å². The van der Waals surface area contributed by atoms with Crippen molar-refractivity contribution < 1.29 is 8.42 Å². The fraction of sp³-hybridized carbons (Fsp3) is 1.00. The first-order valence-electron chi connectivity index (χ1n) is 3.16. The van der Waals surface area contributed by atoms with Gasteiger partial charge in [-0.25, -0.2) is 8.42 Å². The number of hydrogen-bond acceptors (Lipinski definition) is 2. The minimum absolute atomic E-state index is 0.220. The minimum atomic E-state index is -2.78. The molecule has 2 fully saturated rings. The second-order valence-corrected chi connectivity index (χ2v) is 5.33. The van der Waals surface area contributed by atoms with Crippen molar-refractivity contribution in [3.63, 3.8) is 0 Å². The van der Waals surface area contributed by atoms with Gasteiger partial charge in [0.15, 0.2) is 0 Å². The molecule has 2 aliphatic carbocycles. The van der Waals surface area contributed by atoms with Crippen LogP contribution in [0.15, 0.2) is 0 Å². The van der Waals surface area contributed by atoms with Crippen molar-refractivity contribution in [1.82, 2.24) is 0 Å². The van der Waals surface area contributed by atoms with Crippen LogP contribution in [0.2, 0.25) is 6.82 Å². The predicted octanol–water partition coefficient (Wildman–Crippen LogP) is 0.231. The van der Waals surface area contributed by atoms with E-state index < -0.39 is 9.69 Å². The molecule has 0 unspecified atom stereocenters. The molecule has 0 aliphatic heterocycles. The van der Waals surface area contributed by atoms with Crippen molar-refractivity contribution in [1.29, 1.82) is 0 Å². The van der Waals surface area contributed by atoms with Gasteiger partial charge in [0, 0.05) is 0 Å². The average Bonchev–Trinajstić information content (AvgIpc) is 2.45. The Bertz CT molecular complexity index is 238. The van der Waals surface area contributed by atoms with Gasteiger partial charge in [-0.15, -0.1) is 0 Å². The highest BCUT2D eigenvalue weighted by atomic mass is 32.2. The van der Waals surface area contributed by atoms with E-state index >= 15 is 0 Å². The van der Waals surface area contributed by atoms with E-state index in [1.807, 2.05) is 0 Å².